The molecule has 0 saturated carbocycles. The zero-order valence-electron chi connectivity index (χ0n) is 38.0. The van der Waals surface area contributed by atoms with E-state index in [1.807, 2.05) is 21.1 Å². The van der Waals surface area contributed by atoms with Crippen molar-refractivity contribution >= 4 is 13.8 Å². The molecule has 0 fully saturated rings. The number of hydrogen-bond donors (Lipinski definition) is 0. The van der Waals surface area contributed by atoms with Crippen LogP contribution in [-0.4, -0.2) is 70.7 Å². The smallest absolute Gasteiger partial charge is 0.306 e. The van der Waals surface area contributed by atoms with Gasteiger partial charge >= 0.3 is 5.97 Å². The number of carbonyl (C=O) groups excluding carboxylic acids is 1. The third-order valence-electron chi connectivity index (χ3n) is 9.49. The molecule has 0 N–H and O–H groups in total. The van der Waals surface area contributed by atoms with Gasteiger partial charge in [-0.05, 0) is 83.5 Å². The van der Waals surface area contributed by atoms with Crippen molar-refractivity contribution < 1.29 is 37.3 Å². The molecule has 0 bridgehead atoms. The first-order chi connectivity index (χ1) is 28.1. The van der Waals surface area contributed by atoms with Crippen LogP contribution in [0.3, 0.4) is 0 Å². The third kappa shape index (κ3) is 45.0. The molecule has 0 saturated heterocycles. The Balaban J connectivity index is 4.29. The molecule has 0 amide bonds. The number of rotatable bonds is 42. The maximum atomic E-state index is 12.7. The second kappa shape index (κ2) is 41.7. The summed E-state index contributed by atoms with van der Waals surface area (Å²) < 4.78 is 34.6. The number of unbranched alkanes of at least 4 members (excludes halogenated alkanes) is 16. The molecule has 8 nitrogen and oxygen atoms in total. The molecule has 0 spiro atoms. The molecule has 0 rings (SSSR count). The molecule has 0 aliphatic heterocycles. The summed E-state index contributed by atoms with van der Waals surface area (Å²) in [7, 11) is 1.32. The second-order valence-corrected chi connectivity index (χ2v) is 17.8. The number of allylic oxidation sites excluding steroid dienone is 12. The highest BCUT2D eigenvalue weighted by molar-refractivity contribution is 7.45. The molecule has 2 unspecified atom stereocenters. The zero-order valence-corrected chi connectivity index (χ0v) is 38.9. The zero-order chi connectivity index (χ0) is 42.7. The molecule has 0 radical (unpaired) electrons. The highest BCUT2D eigenvalue weighted by atomic mass is 31.2. The summed E-state index contributed by atoms with van der Waals surface area (Å²) in [5, 5.41) is 0. The quantitative estimate of drug-likeness (QED) is 0.0199. The van der Waals surface area contributed by atoms with Crippen molar-refractivity contribution in [2.24, 2.45) is 0 Å². The lowest BCUT2D eigenvalue weighted by molar-refractivity contribution is -0.870. The highest BCUT2D eigenvalue weighted by Gasteiger charge is 2.20. The van der Waals surface area contributed by atoms with Gasteiger partial charge in [0.15, 0.2) is 0 Å². The van der Waals surface area contributed by atoms with Crippen molar-refractivity contribution in [2.75, 3.05) is 54.1 Å². The van der Waals surface area contributed by atoms with Gasteiger partial charge in [-0.1, -0.05) is 157 Å². The van der Waals surface area contributed by atoms with Crippen molar-refractivity contribution in [1.29, 1.82) is 0 Å². The lowest BCUT2D eigenvalue weighted by Gasteiger charge is -2.28. The van der Waals surface area contributed by atoms with Crippen LogP contribution in [0.1, 0.15) is 174 Å². The first-order valence-electron chi connectivity index (χ1n) is 23.2. The number of hydrogen-bond acceptors (Lipinski definition) is 7. The molecule has 0 aromatic heterocycles. The Morgan fingerprint density at radius 1 is 0.552 bits per heavy atom. The molecular weight excluding hydrogens is 746 g/mol. The minimum absolute atomic E-state index is 0.0157. The van der Waals surface area contributed by atoms with Gasteiger partial charge in [-0.25, -0.2) is 0 Å². The van der Waals surface area contributed by atoms with E-state index < -0.39 is 13.9 Å². The van der Waals surface area contributed by atoms with Gasteiger partial charge in [-0.3, -0.25) is 9.36 Å². The van der Waals surface area contributed by atoms with Crippen LogP contribution in [0.4, 0.5) is 0 Å². The largest absolute Gasteiger partial charge is 0.756 e. The molecular formula is C49H88NO7P. The summed E-state index contributed by atoms with van der Waals surface area (Å²) in [6.07, 6.45) is 53.4. The second-order valence-electron chi connectivity index (χ2n) is 16.4. The molecule has 0 aliphatic carbocycles. The minimum atomic E-state index is -4.54. The molecule has 0 heterocycles. The Hall–Kier alpha value is -2.06. The fourth-order valence-electron chi connectivity index (χ4n) is 5.92. The van der Waals surface area contributed by atoms with Crippen LogP contribution in [0.15, 0.2) is 72.9 Å². The first-order valence-corrected chi connectivity index (χ1v) is 24.6. The number of carbonyl (C=O) groups is 1. The Morgan fingerprint density at radius 3 is 1.52 bits per heavy atom. The van der Waals surface area contributed by atoms with Crippen LogP contribution >= 0.6 is 7.82 Å². The van der Waals surface area contributed by atoms with Crippen molar-refractivity contribution in [2.45, 2.75) is 180 Å². The van der Waals surface area contributed by atoms with E-state index in [0.29, 0.717) is 24.1 Å². The maximum Gasteiger partial charge on any atom is 0.306 e. The normalized spacial score (nSPS) is 14.4. The van der Waals surface area contributed by atoms with Crippen molar-refractivity contribution in [3.8, 4) is 0 Å². The SMILES string of the molecule is CC/C=C\C/C=C\C/C=C\C/C=C\C/C=C\CCCCCCOCC(COP(=O)([O-])OCC[N+](C)(C)C)OC(=O)CCCCCCC/C=C\CCCCCCCCC. The molecule has 0 aromatic rings. The summed E-state index contributed by atoms with van der Waals surface area (Å²) in [6, 6.07) is 0. The average Bonchev–Trinajstić information content (AvgIpc) is 3.18. The lowest BCUT2D eigenvalue weighted by Crippen LogP contribution is -2.37. The summed E-state index contributed by atoms with van der Waals surface area (Å²) in [5.74, 6) is -0.354. The van der Waals surface area contributed by atoms with Crippen LogP contribution in [0, 0.1) is 0 Å². The van der Waals surface area contributed by atoms with Crippen LogP contribution < -0.4 is 4.89 Å². The summed E-state index contributed by atoms with van der Waals surface area (Å²) >= 11 is 0. The van der Waals surface area contributed by atoms with Crippen molar-refractivity contribution in [3.63, 3.8) is 0 Å². The van der Waals surface area contributed by atoms with E-state index in [0.717, 1.165) is 96.3 Å². The molecule has 336 valence electrons. The number of phosphoric ester groups is 1. The molecule has 0 aliphatic rings. The minimum Gasteiger partial charge on any atom is -0.756 e. The topological polar surface area (TPSA) is 94.1 Å². The standard InChI is InChI=1S/C49H88NO7P/c1-6-8-10-12-14-16-18-20-22-24-25-26-27-29-31-33-35-37-39-41-44-54-46-48(47-56-58(52,53)55-45-43-50(3,4)5)57-49(51)42-40-38-36-34-32-30-28-23-21-19-17-15-13-11-9-7-2/h8,10,14,16,20,22-23,25-26,28-29,31,48H,6-7,9,11-13,15,17-19,21,24,27,30,32-47H2,1-5H3/b10-8-,16-14-,22-20-,26-25-,28-23-,31-29-. The van der Waals surface area contributed by atoms with E-state index in [2.05, 4.69) is 86.8 Å². The predicted molar refractivity (Wildman–Crippen MR) is 245 cm³/mol. The van der Waals surface area contributed by atoms with Crippen LogP contribution in [0.2, 0.25) is 0 Å². The summed E-state index contributed by atoms with van der Waals surface area (Å²) in [6.45, 7) is 5.21. The van der Waals surface area contributed by atoms with Gasteiger partial charge in [0, 0.05) is 13.0 Å². The van der Waals surface area contributed by atoms with Gasteiger partial charge in [0.05, 0.1) is 34.4 Å². The fraction of sp³-hybridized carbons (Fsp3) is 0.735. The van der Waals surface area contributed by atoms with E-state index in [-0.39, 0.29) is 25.8 Å². The van der Waals surface area contributed by atoms with Gasteiger partial charge in [0.2, 0.25) is 0 Å². The average molecular weight is 834 g/mol. The fourth-order valence-corrected chi connectivity index (χ4v) is 6.65. The van der Waals surface area contributed by atoms with Crippen LogP contribution in [-0.2, 0) is 27.9 Å². The van der Waals surface area contributed by atoms with Gasteiger partial charge in [0.25, 0.3) is 7.82 Å². The Morgan fingerprint density at radius 2 is 1.00 bits per heavy atom. The third-order valence-corrected chi connectivity index (χ3v) is 10.5. The Kier molecular flexibility index (Phi) is 40.2. The number of esters is 1. The van der Waals surface area contributed by atoms with E-state index in [1.54, 1.807) is 0 Å². The molecule has 9 heteroatoms. The molecule has 2 atom stereocenters. The summed E-state index contributed by atoms with van der Waals surface area (Å²) in [5.41, 5.74) is 0. The first kappa shape index (κ1) is 55.9. The number of likely N-dealkylation sites (N-methyl/N-ethyl adjacent to an activating group) is 1. The predicted octanol–water partition coefficient (Wildman–Crippen LogP) is 13.3. The van der Waals surface area contributed by atoms with E-state index in [9.17, 15) is 14.3 Å². The van der Waals surface area contributed by atoms with Gasteiger partial charge < -0.3 is 27.9 Å². The highest BCUT2D eigenvalue weighted by Crippen LogP contribution is 2.38. The van der Waals surface area contributed by atoms with Gasteiger partial charge in [-0.2, -0.15) is 0 Å². The monoisotopic (exact) mass is 834 g/mol. The number of ether oxygens (including phenoxy) is 2. The van der Waals surface area contributed by atoms with Gasteiger partial charge in [-0.15, -0.1) is 0 Å². The van der Waals surface area contributed by atoms with E-state index in [4.69, 9.17) is 18.5 Å². The van der Waals surface area contributed by atoms with E-state index >= 15 is 0 Å². The Bertz CT molecular complexity index is 1150. The number of quaternary nitrogens is 1. The van der Waals surface area contributed by atoms with E-state index in [1.165, 1.54) is 57.8 Å². The van der Waals surface area contributed by atoms with Crippen molar-refractivity contribution in [3.05, 3.63) is 72.9 Å². The van der Waals surface area contributed by atoms with Crippen molar-refractivity contribution in [1.82, 2.24) is 0 Å². The van der Waals surface area contributed by atoms with Gasteiger partial charge in [0.1, 0.15) is 19.3 Å². The van der Waals surface area contributed by atoms with Crippen LogP contribution in [0.25, 0.3) is 0 Å². The summed E-state index contributed by atoms with van der Waals surface area (Å²) in [4.78, 5) is 25.1. The Labute approximate surface area is 357 Å². The number of nitrogens with zero attached hydrogens (tertiary/aromatic N) is 1. The molecule has 0 aromatic carbocycles. The lowest BCUT2D eigenvalue weighted by atomic mass is 10.1. The number of phosphoric acid groups is 1. The molecule has 58 heavy (non-hydrogen) atoms. The maximum absolute atomic E-state index is 12.7. The van der Waals surface area contributed by atoms with Crippen LogP contribution in [0.5, 0.6) is 0 Å².